The highest BCUT2D eigenvalue weighted by Gasteiger charge is 2.25. The van der Waals surface area contributed by atoms with Crippen LogP contribution in [0, 0.1) is 0 Å². The van der Waals surface area contributed by atoms with E-state index in [1.165, 1.54) is 16.6 Å². The Kier molecular flexibility index (Phi) is 3.25. The molecule has 5 rings (SSSR count). The predicted octanol–water partition coefficient (Wildman–Crippen LogP) is 1.38. The van der Waals surface area contributed by atoms with E-state index >= 15 is 0 Å². The van der Waals surface area contributed by atoms with Crippen LogP contribution in [0.25, 0.3) is 22.2 Å². The maximum atomic E-state index is 12.1. The summed E-state index contributed by atoms with van der Waals surface area (Å²) >= 11 is 0. The minimum absolute atomic E-state index is 0.358. The molecule has 1 fully saturated rings. The molecule has 0 atom stereocenters. The zero-order valence-corrected chi connectivity index (χ0v) is 14.6. The fraction of sp³-hybridized carbons (Fsp3) is 0.368. The summed E-state index contributed by atoms with van der Waals surface area (Å²) in [6.45, 7) is 2.00. The predicted molar refractivity (Wildman–Crippen MR) is 99.7 cm³/mol. The summed E-state index contributed by atoms with van der Waals surface area (Å²) in [7, 11) is 1.67. The number of benzene rings is 1. The minimum Gasteiger partial charge on any atom is -0.341 e. The van der Waals surface area contributed by atoms with Crippen LogP contribution in [0.3, 0.4) is 0 Å². The number of rotatable bonds is 2. The molecule has 26 heavy (non-hydrogen) atoms. The smallest absolute Gasteiger partial charge is 0.328 e. The second-order valence-corrected chi connectivity index (χ2v) is 7.04. The number of aromatic amines is 1. The van der Waals surface area contributed by atoms with Crippen LogP contribution in [0.1, 0.15) is 24.1 Å². The first-order valence-electron chi connectivity index (χ1n) is 9.00. The number of H-pyrrole nitrogens is 1. The highest BCUT2D eigenvalue weighted by atomic mass is 16.2. The first kappa shape index (κ1) is 15.3. The fourth-order valence-corrected chi connectivity index (χ4v) is 3.82. The van der Waals surface area contributed by atoms with Crippen molar-refractivity contribution in [3.8, 4) is 11.3 Å². The van der Waals surface area contributed by atoms with Gasteiger partial charge in [0.1, 0.15) is 0 Å². The molecule has 1 aliphatic heterocycles. The number of nitrogens with zero attached hydrogens (tertiary/aromatic N) is 4. The van der Waals surface area contributed by atoms with Crippen molar-refractivity contribution in [1.82, 2.24) is 19.5 Å². The summed E-state index contributed by atoms with van der Waals surface area (Å²) in [6, 6.07) is 5.59. The van der Waals surface area contributed by atoms with E-state index in [1.54, 1.807) is 13.1 Å². The Labute approximate surface area is 149 Å². The van der Waals surface area contributed by atoms with Crippen LogP contribution >= 0.6 is 0 Å². The van der Waals surface area contributed by atoms with Crippen LogP contribution in [0.2, 0.25) is 0 Å². The van der Waals surface area contributed by atoms with Gasteiger partial charge in [0, 0.05) is 37.0 Å². The van der Waals surface area contributed by atoms with Gasteiger partial charge in [-0.15, -0.1) is 0 Å². The van der Waals surface area contributed by atoms with Gasteiger partial charge in [-0.2, -0.15) is 0 Å². The zero-order chi connectivity index (χ0) is 17.8. The van der Waals surface area contributed by atoms with Crippen LogP contribution in [-0.2, 0) is 19.9 Å². The summed E-state index contributed by atoms with van der Waals surface area (Å²) < 4.78 is 1.47. The van der Waals surface area contributed by atoms with Crippen molar-refractivity contribution in [3.05, 3.63) is 50.3 Å². The van der Waals surface area contributed by atoms with Crippen LogP contribution in [-0.4, -0.2) is 32.6 Å². The second-order valence-electron chi connectivity index (χ2n) is 7.04. The van der Waals surface area contributed by atoms with Gasteiger partial charge in [0.15, 0.2) is 0 Å². The molecule has 0 bridgehead atoms. The van der Waals surface area contributed by atoms with Gasteiger partial charge in [0.25, 0.3) is 5.56 Å². The summed E-state index contributed by atoms with van der Waals surface area (Å²) in [5.74, 6) is 0.798. The molecule has 0 unspecified atom stereocenters. The van der Waals surface area contributed by atoms with Gasteiger partial charge < -0.3 is 4.90 Å². The molecule has 1 saturated heterocycles. The summed E-state index contributed by atoms with van der Waals surface area (Å²) in [5, 5.41) is 0.504. The van der Waals surface area contributed by atoms with Gasteiger partial charge in [-0.1, -0.05) is 6.07 Å². The quantitative estimate of drug-likeness (QED) is 0.756. The molecule has 3 heterocycles. The third kappa shape index (κ3) is 2.20. The van der Waals surface area contributed by atoms with Crippen LogP contribution in [0.15, 0.2) is 27.8 Å². The van der Waals surface area contributed by atoms with Crippen LogP contribution in [0.5, 0.6) is 0 Å². The first-order chi connectivity index (χ1) is 12.6. The number of aromatic nitrogens is 4. The number of anilines is 1. The molecule has 1 aromatic carbocycles. The van der Waals surface area contributed by atoms with Gasteiger partial charge in [-0.25, -0.2) is 14.8 Å². The molecule has 0 saturated carbocycles. The van der Waals surface area contributed by atoms with E-state index in [4.69, 9.17) is 9.97 Å². The summed E-state index contributed by atoms with van der Waals surface area (Å²) in [5.41, 5.74) is 4.05. The lowest BCUT2D eigenvalue weighted by Crippen LogP contribution is -2.38. The van der Waals surface area contributed by atoms with Gasteiger partial charge in [-0.3, -0.25) is 14.3 Å². The van der Waals surface area contributed by atoms with Crippen molar-refractivity contribution in [2.24, 2.45) is 7.05 Å². The zero-order valence-electron chi connectivity index (χ0n) is 14.6. The maximum absolute atomic E-state index is 12.1. The number of hydrogen-bond donors (Lipinski definition) is 1. The van der Waals surface area contributed by atoms with E-state index in [0.29, 0.717) is 10.9 Å². The molecule has 0 spiro atoms. The van der Waals surface area contributed by atoms with Crippen molar-refractivity contribution in [3.63, 3.8) is 0 Å². The van der Waals surface area contributed by atoms with Crippen LogP contribution in [0.4, 0.5) is 5.95 Å². The van der Waals surface area contributed by atoms with Crippen molar-refractivity contribution in [2.45, 2.75) is 25.7 Å². The number of fused-ring (bicyclic) bond motifs is 2. The van der Waals surface area contributed by atoms with Crippen molar-refractivity contribution in [2.75, 3.05) is 18.0 Å². The average molecular weight is 349 g/mol. The second kappa shape index (κ2) is 5.52. The van der Waals surface area contributed by atoms with E-state index in [2.05, 4.69) is 9.88 Å². The molecule has 1 N–H and O–H groups in total. The lowest BCUT2D eigenvalue weighted by atomic mass is 10.0. The molecule has 2 aliphatic rings. The molecule has 132 valence electrons. The molecular weight excluding hydrogens is 330 g/mol. The highest BCUT2D eigenvalue weighted by molar-refractivity contribution is 5.84. The fourth-order valence-electron chi connectivity index (χ4n) is 3.82. The van der Waals surface area contributed by atoms with Gasteiger partial charge in [0.05, 0.1) is 16.6 Å². The highest BCUT2D eigenvalue weighted by Crippen LogP contribution is 2.33. The largest absolute Gasteiger partial charge is 0.341 e. The van der Waals surface area contributed by atoms with E-state index in [1.807, 2.05) is 12.1 Å². The molecule has 7 nitrogen and oxygen atoms in total. The molecular formula is C19H19N5O2. The third-order valence-electron chi connectivity index (χ3n) is 5.46. The average Bonchev–Trinajstić information content (AvgIpc) is 3.06. The molecule has 1 aliphatic carbocycles. The molecule has 2 aromatic heterocycles. The first-order valence-corrected chi connectivity index (χ1v) is 9.00. The Morgan fingerprint density at radius 1 is 1.08 bits per heavy atom. The lowest BCUT2D eigenvalue weighted by molar-refractivity contribution is 0.599. The van der Waals surface area contributed by atoms with E-state index < -0.39 is 5.69 Å². The monoisotopic (exact) mass is 349 g/mol. The van der Waals surface area contributed by atoms with Crippen molar-refractivity contribution in [1.29, 1.82) is 0 Å². The van der Waals surface area contributed by atoms with Crippen molar-refractivity contribution >= 4 is 16.9 Å². The van der Waals surface area contributed by atoms with Gasteiger partial charge >= 0.3 is 5.69 Å². The minimum atomic E-state index is -0.408. The SMILES string of the molecule is Cn1c(=O)[nH]c(=O)c2ccc(-c3nc(N4CCC4)nc4c3CCC4)cc21. The topological polar surface area (TPSA) is 83.9 Å². The Balaban J connectivity index is 1.75. The third-order valence-corrected chi connectivity index (χ3v) is 5.46. The van der Waals surface area contributed by atoms with Crippen LogP contribution < -0.4 is 16.1 Å². The molecule has 0 radical (unpaired) electrons. The summed E-state index contributed by atoms with van der Waals surface area (Å²) in [4.78, 5) is 38.2. The Morgan fingerprint density at radius 2 is 1.92 bits per heavy atom. The Morgan fingerprint density at radius 3 is 2.69 bits per heavy atom. The standard InChI is InChI=1S/C19H19N5O2/c1-23-15-10-11(6-7-13(15)17(25)22-19(23)26)16-12-4-2-5-14(12)20-18(21-16)24-8-3-9-24/h6-7,10H,2-5,8-9H2,1H3,(H,22,25,26). The number of nitrogens with one attached hydrogen (secondary N) is 1. The van der Waals surface area contributed by atoms with E-state index in [9.17, 15) is 9.59 Å². The summed E-state index contributed by atoms with van der Waals surface area (Å²) in [6.07, 6.45) is 4.22. The normalized spacial score (nSPS) is 16.0. The van der Waals surface area contributed by atoms with E-state index in [0.717, 1.165) is 55.3 Å². The molecule has 7 heteroatoms. The van der Waals surface area contributed by atoms with Gasteiger partial charge in [-0.05, 0) is 37.8 Å². The maximum Gasteiger partial charge on any atom is 0.328 e. The van der Waals surface area contributed by atoms with Gasteiger partial charge in [0.2, 0.25) is 5.95 Å². The Bertz CT molecular complexity index is 1160. The lowest BCUT2D eigenvalue weighted by Gasteiger charge is -2.31. The molecule has 3 aromatic rings. The molecule has 0 amide bonds. The number of aryl methyl sites for hydroxylation is 2. The number of hydrogen-bond acceptors (Lipinski definition) is 5. The van der Waals surface area contributed by atoms with Crippen molar-refractivity contribution < 1.29 is 0 Å². The van der Waals surface area contributed by atoms with E-state index in [-0.39, 0.29) is 5.56 Å². The Hall–Kier alpha value is -2.96.